The van der Waals surface area contributed by atoms with Crippen LogP contribution in [-0.4, -0.2) is 17.5 Å². The predicted molar refractivity (Wildman–Crippen MR) is 63.2 cm³/mol. The van der Waals surface area contributed by atoms with Gasteiger partial charge in [-0.25, -0.2) is 0 Å². The molecular formula is C13H25N. The Labute approximate surface area is 89.2 Å². The van der Waals surface area contributed by atoms with Crippen LogP contribution in [0.4, 0.5) is 0 Å². The van der Waals surface area contributed by atoms with E-state index in [9.17, 15) is 0 Å². The molecule has 1 rings (SSSR count). The van der Waals surface area contributed by atoms with E-state index in [0.29, 0.717) is 12.0 Å². The van der Waals surface area contributed by atoms with Crippen molar-refractivity contribution in [3.8, 4) is 0 Å². The Morgan fingerprint density at radius 1 is 0.929 bits per heavy atom. The standard InChI is InChI=1S/C13H25N/c1-9(2)12-7-8-14(11(5)6)13(12)10(3)4/h9-11H,7-8H2,1-6H3. The van der Waals surface area contributed by atoms with Gasteiger partial charge in [0.15, 0.2) is 0 Å². The summed E-state index contributed by atoms with van der Waals surface area (Å²) in [4.78, 5) is 2.58. The summed E-state index contributed by atoms with van der Waals surface area (Å²) in [6.45, 7) is 15.1. The summed E-state index contributed by atoms with van der Waals surface area (Å²) in [7, 11) is 0. The Morgan fingerprint density at radius 2 is 1.50 bits per heavy atom. The van der Waals surface area contributed by atoms with Crippen LogP contribution in [0.5, 0.6) is 0 Å². The van der Waals surface area contributed by atoms with Crippen molar-refractivity contribution in [1.82, 2.24) is 4.90 Å². The van der Waals surface area contributed by atoms with Crippen LogP contribution in [0.1, 0.15) is 48.0 Å². The van der Waals surface area contributed by atoms with E-state index in [1.165, 1.54) is 13.0 Å². The van der Waals surface area contributed by atoms with Gasteiger partial charge in [-0.2, -0.15) is 0 Å². The van der Waals surface area contributed by atoms with Crippen LogP contribution in [-0.2, 0) is 0 Å². The molecule has 1 heterocycles. The minimum Gasteiger partial charge on any atom is -0.372 e. The molecule has 1 aliphatic rings. The molecular weight excluding hydrogens is 170 g/mol. The van der Waals surface area contributed by atoms with Crippen LogP contribution in [0, 0.1) is 11.8 Å². The normalized spacial score (nSPS) is 18.2. The highest BCUT2D eigenvalue weighted by molar-refractivity contribution is 5.23. The van der Waals surface area contributed by atoms with Crippen molar-refractivity contribution in [3.05, 3.63) is 11.3 Å². The van der Waals surface area contributed by atoms with Gasteiger partial charge < -0.3 is 4.90 Å². The van der Waals surface area contributed by atoms with E-state index in [2.05, 4.69) is 46.4 Å². The van der Waals surface area contributed by atoms with Crippen LogP contribution in [0.3, 0.4) is 0 Å². The summed E-state index contributed by atoms with van der Waals surface area (Å²) >= 11 is 0. The predicted octanol–water partition coefficient (Wildman–Crippen LogP) is 3.67. The lowest BCUT2D eigenvalue weighted by Gasteiger charge is -2.29. The Kier molecular flexibility index (Phi) is 3.63. The highest BCUT2D eigenvalue weighted by atomic mass is 15.2. The maximum absolute atomic E-state index is 2.58. The number of hydrogen-bond donors (Lipinski definition) is 0. The van der Waals surface area contributed by atoms with E-state index in [0.717, 1.165) is 5.92 Å². The number of nitrogens with zero attached hydrogens (tertiary/aromatic N) is 1. The van der Waals surface area contributed by atoms with Gasteiger partial charge in [0, 0.05) is 18.3 Å². The summed E-state index contributed by atoms with van der Waals surface area (Å²) in [6.07, 6.45) is 1.28. The topological polar surface area (TPSA) is 3.24 Å². The van der Waals surface area contributed by atoms with Gasteiger partial charge in [0.2, 0.25) is 0 Å². The Bertz CT molecular complexity index is 223. The second-order valence-electron chi connectivity index (χ2n) is 5.26. The maximum atomic E-state index is 2.58. The SMILES string of the molecule is CC(C)C1=C(C(C)C)N(C(C)C)CC1. The fourth-order valence-corrected chi connectivity index (χ4v) is 2.50. The minimum absolute atomic E-state index is 0.656. The average molecular weight is 195 g/mol. The van der Waals surface area contributed by atoms with Crippen molar-refractivity contribution in [3.63, 3.8) is 0 Å². The molecule has 1 aliphatic heterocycles. The number of allylic oxidation sites excluding steroid dienone is 1. The van der Waals surface area contributed by atoms with E-state index in [-0.39, 0.29) is 0 Å². The summed E-state index contributed by atoms with van der Waals surface area (Å²) < 4.78 is 0. The van der Waals surface area contributed by atoms with Gasteiger partial charge in [0.25, 0.3) is 0 Å². The molecule has 0 radical (unpaired) electrons. The third kappa shape index (κ3) is 2.13. The van der Waals surface area contributed by atoms with Gasteiger partial charge in [0.1, 0.15) is 0 Å². The first-order valence-electron chi connectivity index (χ1n) is 5.94. The lowest BCUT2D eigenvalue weighted by Crippen LogP contribution is -2.29. The molecule has 1 heteroatoms. The highest BCUT2D eigenvalue weighted by Crippen LogP contribution is 2.34. The zero-order chi connectivity index (χ0) is 10.9. The van der Waals surface area contributed by atoms with Crippen molar-refractivity contribution in [2.45, 2.75) is 54.0 Å². The minimum atomic E-state index is 0.656. The van der Waals surface area contributed by atoms with Crippen LogP contribution in [0.2, 0.25) is 0 Å². The highest BCUT2D eigenvalue weighted by Gasteiger charge is 2.27. The third-order valence-corrected chi connectivity index (χ3v) is 3.13. The molecule has 0 aromatic rings. The van der Waals surface area contributed by atoms with Crippen molar-refractivity contribution in [1.29, 1.82) is 0 Å². The molecule has 0 saturated heterocycles. The summed E-state index contributed by atoms with van der Waals surface area (Å²) in [5, 5.41) is 0. The number of rotatable bonds is 3. The van der Waals surface area contributed by atoms with Crippen LogP contribution >= 0.6 is 0 Å². The van der Waals surface area contributed by atoms with Crippen molar-refractivity contribution < 1.29 is 0 Å². The summed E-state index contributed by atoms with van der Waals surface area (Å²) in [5.74, 6) is 1.40. The van der Waals surface area contributed by atoms with E-state index in [4.69, 9.17) is 0 Å². The molecule has 0 spiro atoms. The molecule has 0 aromatic carbocycles. The lowest BCUT2D eigenvalue weighted by atomic mass is 9.95. The third-order valence-electron chi connectivity index (χ3n) is 3.13. The fourth-order valence-electron chi connectivity index (χ4n) is 2.50. The largest absolute Gasteiger partial charge is 0.372 e. The quantitative estimate of drug-likeness (QED) is 0.664. The van der Waals surface area contributed by atoms with Crippen molar-refractivity contribution >= 4 is 0 Å². The molecule has 0 amide bonds. The smallest absolute Gasteiger partial charge is 0.0230 e. The van der Waals surface area contributed by atoms with Crippen LogP contribution in [0.25, 0.3) is 0 Å². The second-order valence-corrected chi connectivity index (χ2v) is 5.26. The first-order chi connectivity index (χ1) is 6.45. The first kappa shape index (κ1) is 11.6. The summed E-state index contributed by atoms with van der Waals surface area (Å²) in [6, 6.07) is 0.656. The lowest BCUT2D eigenvalue weighted by molar-refractivity contribution is 0.284. The Morgan fingerprint density at radius 3 is 1.86 bits per heavy atom. The molecule has 82 valence electrons. The van der Waals surface area contributed by atoms with Gasteiger partial charge in [-0.15, -0.1) is 0 Å². The van der Waals surface area contributed by atoms with E-state index in [1.807, 2.05) is 0 Å². The van der Waals surface area contributed by atoms with Gasteiger partial charge in [-0.1, -0.05) is 27.7 Å². The van der Waals surface area contributed by atoms with Gasteiger partial charge >= 0.3 is 0 Å². The fraction of sp³-hybridized carbons (Fsp3) is 0.846. The summed E-state index contributed by atoms with van der Waals surface area (Å²) in [5.41, 5.74) is 3.31. The van der Waals surface area contributed by atoms with E-state index < -0.39 is 0 Å². The van der Waals surface area contributed by atoms with E-state index in [1.54, 1.807) is 11.3 Å². The molecule has 0 unspecified atom stereocenters. The second kappa shape index (κ2) is 4.37. The van der Waals surface area contributed by atoms with Crippen molar-refractivity contribution in [2.24, 2.45) is 11.8 Å². The molecule has 0 bridgehead atoms. The van der Waals surface area contributed by atoms with E-state index >= 15 is 0 Å². The van der Waals surface area contributed by atoms with Crippen molar-refractivity contribution in [2.75, 3.05) is 6.54 Å². The Balaban J connectivity index is 2.96. The van der Waals surface area contributed by atoms with Gasteiger partial charge in [-0.3, -0.25) is 0 Å². The monoisotopic (exact) mass is 195 g/mol. The number of hydrogen-bond acceptors (Lipinski definition) is 1. The molecule has 0 N–H and O–H groups in total. The molecule has 0 atom stereocenters. The maximum Gasteiger partial charge on any atom is 0.0230 e. The van der Waals surface area contributed by atoms with Gasteiger partial charge in [0.05, 0.1) is 0 Å². The average Bonchev–Trinajstić information content (AvgIpc) is 2.46. The van der Waals surface area contributed by atoms with Crippen LogP contribution < -0.4 is 0 Å². The first-order valence-corrected chi connectivity index (χ1v) is 5.94. The van der Waals surface area contributed by atoms with Crippen LogP contribution in [0.15, 0.2) is 11.3 Å². The molecule has 0 aromatic heterocycles. The molecule has 0 aliphatic carbocycles. The molecule has 0 saturated carbocycles. The molecule has 1 nitrogen and oxygen atoms in total. The molecule has 14 heavy (non-hydrogen) atoms. The van der Waals surface area contributed by atoms with Gasteiger partial charge in [-0.05, 0) is 37.7 Å². The zero-order valence-electron chi connectivity index (χ0n) is 10.6. The Hall–Kier alpha value is -0.460. The molecule has 0 fully saturated rings. The zero-order valence-corrected chi connectivity index (χ0v) is 10.6.